The molecule has 0 bridgehead atoms. The number of carboxylic acid groups (broad SMARTS) is 1. The molecule has 3 N–H and O–H groups in total. The molecule has 22 heavy (non-hydrogen) atoms. The topological polar surface area (TPSA) is 78.3 Å². The van der Waals surface area contributed by atoms with Gasteiger partial charge in [0.25, 0.3) is 0 Å². The van der Waals surface area contributed by atoms with Gasteiger partial charge < -0.3 is 14.5 Å². The molecule has 4 rings (SSSR count). The number of carbonyl (C=O) groups is 1. The zero-order valence-corrected chi connectivity index (χ0v) is 12.1. The predicted molar refractivity (Wildman–Crippen MR) is 81.9 cm³/mol. The van der Waals surface area contributed by atoms with Crippen molar-refractivity contribution in [1.82, 2.24) is 10.3 Å². The number of aromatic amines is 1. The van der Waals surface area contributed by atoms with Crippen molar-refractivity contribution >= 4 is 16.9 Å². The van der Waals surface area contributed by atoms with Crippen LogP contribution in [0.25, 0.3) is 10.9 Å². The zero-order valence-electron chi connectivity index (χ0n) is 12.1. The van der Waals surface area contributed by atoms with E-state index in [4.69, 9.17) is 4.42 Å². The molecular weight excluding hydrogens is 280 g/mol. The summed E-state index contributed by atoms with van der Waals surface area (Å²) in [5, 5.41) is 13.7. The fraction of sp³-hybridized carbons (Fsp3) is 0.235. The molecule has 3 aromatic rings. The molecule has 0 aliphatic carbocycles. The maximum Gasteiger partial charge on any atom is 0.321 e. The second kappa shape index (κ2) is 4.74. The van der Waals surface area contributed by atoms with E-state index in [9.17, 15) is 9.90 Å². The summed E-state index contributed by atoms with van der Waals surface area (Å²) in [6, 6.07) is 8.98. The standard InChI is InChI=1S/C17H16N2O3/c1-9-4-5-12-10(7-9)11-8-13(17(20)21)19-16(15(11)18-12)14-3-2-6-22-14/h2-7,13,16,18-19H,8H2,1H3,(H,20,21). The van der Waals surface area contributed by atoms with E-state index in [2.05, 4.69) is 16.4 Å². The van der Waals surface area contributed by atoms with Gasteiger partial charge in [0.05, 0.1) is 6.26 Å². The van der Waals surface area contributed by atoms with Crippen LogP contribution < -0.4 is 5.32 Å². The van der Waals surface area contributed by atoms with E-state index in [1.54, 1.807) is 6.26 Å². The number of aromatic nitrogens is 1. The minimum atomic E-state index is -0.843. The van der Waals surface area contributed by atoms with Crippen LogP contribution in [0.2, 0.25) is 0 Å². The maximum atomic E-state index is 11.5. The average molecular weight is 296 g/mol. The number of furan rings is 1. The van der Waals surface area contributed by atoms with Gasteiger partial charge in [0.2, 0.25) is 0 Å². The van der Waals surface area contributed by atoms with Crippen molar-refractivity contribution in [3.63, 3.8) is 0 Å². The van der Waals surface area contributed by atoms with Gasteiger partial charge in [0.1, 0.15) is 17.8 Å². The Bertz CT molecular complexity index is 848. The molecule has 0 radical (unpaired) electrons. The molecule has 3 heterocycles. The molecule has 1 aliphatic rings. The van der Waals surface area contributed by atoms with E-state index in [0.29, 0.717) is 6.42 Å². The van der Waals surface area contributed by atoms with E-state index in [-0.39, 0.29) is 6.04 Å². The summed E-state index contributed by atoms with van der Waals surface area (Å²) in [6.45, 7) is 2.04. The molecule has 0 fully saturated rings. The van der Waals surface area contributed by atoms with Crippen LogP contribution in [0.1, 0.15) is 28.6 Å². The maximum absolute atomic E-state index is 11.5. The molecule has 112 valence electrons. The Hall–Kier alpha value is -2.53. The number of nitrogens with one attached hydrogen (secondary N) is 2. The smallest absolute Gasteiger partial charge is 0.321 e. The van der Waals surface area contributed by atoms with E-state index in [1.165, 1.54) is 0 Å². The second-order valence-electron chi connectivity index (χ2n) is 5.78. The molecule has 1 aromatic carbocycles. The van der Waals surface area contributed by atoms with Gasteiger partial charge in [-0.1, -0.05) is 11.6 Å². The molecule has 0 saturated carbocycles. The van der Waals surface area contributed by atoms with Gasteiger partial charge in [0, 0.05) is 23.0 Å². The van der Waals surface area contributed by atoms with Crippen molar-refractivity contribution in [3.8, 4) is 0 Å². The summed E-state index contributed by atoms with van der Waals surface area (Å²) in [7, 11) is 0. The Morgan fingerprint density at radius 2 is 2.23 bits per heavy atom. The number of fused-ring (bicyclic) bond motifs is 3. The normalized spacial score (nSPS) is 21.0. The van der Waals surface area contributed by atoms with Crippen LogP contribution in [-0.2, 0) is 11.2 Å². The van der Waals surface area contributed by atoms with Gasteiger partial charge in [-0.25, -0.2) is 0 Å². The van der Waals surface area contributed by atoms with E-state index >= 15 is 0 Å². The Kier molecular flexibility index (Phi) is 2.84. The third-order valence-electron chi connectivity index (χ3n) is 4.29. The van der Waals surface area contributed by atoms with Crippen LogP contribution >= 0.6 is 0 Å². The highest BCUT2D eigenvalue weighted by Gasteiger charge is 2.35. The van der Waals surface area contributed by atoms with Gasteiger partial charge in [-0.15, -0.1) is 0 Å². The minimum absolute atomic E-state index is 0.271. The highest BCUT2D eigenvalue weighted by Crippen LogP contribution is 2.35. The predicted octanol–water partition coefficient (Wildman–Crippen LogP) is 2.76. The number of hydrogen-bond acceptors (Lipinski definition) is 3. The van der Waals surface area contributed by atoms with E-state index < -0.39 is 12.0 Å². The first-order valence-corrected chi connectivity index (χ1v) is 7.27. The Morgan fingerprint density at radius 1 is 1.36 bits per heavy atom. The van der Waals surface area contributed by atoms with Crippen LogP contribution in [0.4, 0.5) is 0 Å². The van der Waals surface area contributed by atoms with Crippen molar-refractivity contribution in [2.24, 2.45) is 0 Å². The molecule has 1 aliphatic heterocycles. The Labute approximate surface area is 126 Å². The van der Waals surface area contributed by atoms with E-state index in [1.807, 2.05) is 31.2 Å². The fourth-order valence-electron chi connectivity index (χ4n) is 3.23. The third kappa shape index (κ3) is 1.94. The van der Waals surface area contributed by atoms with Gasteiger partial charge in [0.15, 0.2) is 0 Å². The molecule has 2 atom stereocenters. The zero-order chi connectivity index (χ0) is 15.3. The molecular formula is C17H16N2O3. The SMILES string of the molecule is Cc1ccc2[nH]c3c(c2c1)CC(C(=O)O)NC3c1ccco1. The lowest BCUT2D eigenvalue weighted by atomic mass is 9.92. The van der Waals surface area contributed by atoms with Gasteiger partial charge in [-0.05, 0) is 36.8 Å². The molecule has 2 unspecified atom stereocenters. The number of rotatable bonds is 2. The third-order valence-corrected chi connectivity index (χ3v) is 4.29. The largest absolute Gasteiger partial charge is 0.480 e. The minimum Gasteiger partial charge on any atom is -0.480 e. The van der Waals surface area contributed by atoms with Crippen molar-refractivity contribution in [2.75, 3.05) is 0 Å². The number of H-pyrrole nitrogens is 1. The number of benzene rings is 1. The number of aryl methyl sites for hydroxylation is 1. The van der Waals surface area contributed by atoms with Crippen LogP contribution in [0.5, 0.6) is 0 Å². The summed E-state index contributed by atoms with van der Waals surface area (Å²) in [6.07, 6.45) is 2.07. The van der Waals surface area contributed by atoms with Crippen molar-refractivity contribution in [2.45, 2.75) is 25.4 Å². The average Bonchev–Trinajstić information content (AvgIpc) is 3.13. The number of hydrogen-bond donors (Lipinski definition) is 3. The first-order chi connectivity index (χ1) is 10.6. The summed E-state index contributed by atoms with van der Waals surface area (Å²) < 4.78 is 5.50. The molecule has 5 heteroatoms. The Balaban J connectivity index is 1.93. The Morgan fingerprint density at radius 3 is 2.95 bits per heavy atom. The van der Waals surface area contributed by atoms with Crippen LogP contribution in [0.3, 0.4) is 0 Å². The van der Waals surface area contributed by atoms with Crippen molar-refractivity contribution in [3.05, 3.63) is 59.2 Å². The van der Waals surface area contributed by atoms with Crippen molar-refractivity contribution < 1.29 is 14.3 Å². The summed E-state index contributed by atoms with van der Waals surface area (Å²) in [5.41, 5.74) is 4.24. The summed E-state index contributed by atoms with van der Waals surface area (Å²) >= 11 is 0. The first kappa shape index (κ1) is 13.2. The van der Waals surface area contributed by atoms with Crippen LogP contribution in [0, 0.1) is 6.92 Å². The van der Waals surface area contributed by atoms with Crippen LogP contribution in [-0.4, -0.2) is 22.1 Å². The highest BCUT2D eigenvalue weighted by molar-refractivity contribution is 5.87. The lowest BCUT2D eigenvalue weighted by Gasteiger charge is -2.27. The number of carboxylic acids is 1. The fourth-order valence-corrected chi connectivity index (χ4v) is 3.23. The summed E-state index contributed by atoms with van der Waals surface area (Å²) in [4.78, 5) is 14.9. The monoisotopic (exact) mass is 296 g/mol. The lowest BCUT2D eigenvalue weighted by Crippen LogP contribution is -2.44. The highest BCUT2D eigenvalue weighted by atomic mass is 16.4. The van der Waals surface area contributed by atoms with Crippen molar-refractivity contribution in [1.29, 1.82) is 0 Å². The van der Waals surface area contributed by atoms with Crippen LogP contribution in [0.15, 0.2) is 41.0 Å². The summed E-state index contributed by atoms with van der Waals surface area (Å²) in [5.74, 6) is -0.125. The quantitative estimate of drug-likeness (QED) is 0.679. The first-order valence-electron chi connectivity index (χ1n) is 7.27. The number of aliphatic carboxylic acids is 1. The second-order valence-corrected chi connectivity index (χ2v) is 5.78. The van der Waals surface area contributed by atoms with Gasteiger partial charge in [-0.2, -0.15) is 0 Å². The molecule has 0 saturated heterocycles. The van der Waals surface area contributed by atoms with Gasteiger partial charge >= 0.3 is 5.97 Å². The molecule has 5 nitrogen and oxygen atoms in total. The van der Waals surface area contributed by atoms with Gasteiger partial charge in [-0.3, -0.25) is 10.1 Å². The molecule has 0 amide bonds. The molecule has 2 aromatic heterocycles. The molecule has 0 spiro atoms. The lowest BCUT2D eigenvalue weighted by molar-refractivity contribution is -0.139. The van der Waals surface area contributed by atoms with E-state index in [0.717, 1.165) is 33.5 Å².